The number of ether oxygens (including phenoxy) is 1. The first-order valence-electron chi connectivity index (χ1n) is 8.50. The van der Waals surface area contributed by atoms with Crippen molar-refractivity contribution in [2.75, 3.05) is 11.9 Å². The number of anilines is 2. The lowest BCUT2D eigenvalue weighted by Gasteiger charge is -2.11. The highest BCUT2D eigenvalue weighted by atomic mass is 19.1. The van der Waals surface area contributed by atoms with Crippen molar-refractivity contribution >= 4 is 17.4 Å². The van der Waals surface area contributed by atoms with Crippen molar-refractivity contribution in [3.05, 3.63) is 78.0 Å². The molecule has 1 heterocycles. The van der Waals surface area contributed by atoms with Crippen LogP contribution < -0.4 is 15.4 Å². The van der Waals surface area contributed by atoms with Gasteiger partial charge < -0.3 is 15.4 Å². The maximum atomic E-state index is 13.6. The molecule has 3 aromatic rings. The Bertz CT molecular complexity index is 916. The van der Waals surface area contributed by atoms with E-state index in [0.717, 1.165) is 5.69 Å². The van der Waals surface area contributed by atoms with Crippen LogP contribution in [0.5, 0.6) is 5.75 Å². The average molecular weight is 366 g/mol. The summed E-state index contributed by atoms with van der Waals surface area (Å²) in [5, 5.41) is 5.74. The molecule has 0 atom stereocenters. The normalized spacial score (nSPS) is 10.3. The molecule has 0 bridgehead atoms. The lowest BCUT2D eigenvalue weighted by atomic mass is 10.2. The maximum absolute atomic E-state index is 13.6. The molecule has 0 spiro atoms. The fraction of sp³-hybridized carbons (Fsp3) is 0.150. The van der Waals surface area contributed by atoms with Crippen molar-refractivity contribution in [1.82, 2.24) is 15.3 Å². The summed E-state index contributed by atoms with van der Waals surface area (Å²) in [6.45, 7) is 2.53. The summed E-state index contributed by atoms with van der Waals surface area (Å²) in [6.07, 6.45) is 2.82. The Kier molecular flexibility index (Phi) is 5.94. The van der Waals surface area contributed by atoms with Crippen LogP contribution in [0.15, 0.2) is 60.9 Å². The fourth-order valence-corrected chi connectivity index (χ4v) is 2.41. The first kappa shape index (κ1) is 18.3. The number of aromatic nitrogens is 2. The number of nitrogens with zero attached hydrogens (tertiary/aromatic N) is 2. The lowest BCUT2D eigenvalue weighted by molar-refractivity contribution is 0.0945. The molecule has 3 rings (SSSR count). The molecule has 1 amide bonds. The zero-order valence-electron chi connectivity index (χ0n) is 14.8. The topological polar surface area (TPSA) is 76.1 Å². The van der Waals surface area contributed by atoms with Crippen LogP contribution in [0.4, 0.5) is 15.9 Å². The Morgan fingerprint density at radius 3 is 2.59 bits per heavy atom. The van der Waals surface area contributed by atoms with E-state index in [9.17, 15) is 9.18 Å². The van der Waals surface area contributed by atoms with Gasteiger partial charge in [0.1, 0.15) is 23.1 Å². The number of halogens is 1. The second kappa shape index (κ2) is 8.75. The van der Waals surface area contributed by atoms with Crippen LogP contribution >= 0.6 is 0 Å². The van der Waals surface area contributed by atoms with Gasteiger partial charge in [0.05, 0.1) is 24.7 Å². The van der Waals surface area contributed by atoms with Gasteiger partial charge in [-0.3, -0.25) is 4.79 Å². The number of para-hydroxylation sites is 2. The largest absolute Gasteiger partial charge is 0.492 e. The number of amides is 1. The number of benzene rings is 2. The summed E-state index contributed by atoms with van der Waals surface area (Å²) in [4.78, 5) is 20.5. The van der Waals surface area contributed by atoms with E-state index in [4.69, 9.17) is 4.74 Å². The van der Waals surface area contributed by atoms with E-state index in [0.29, 0.717) is 23.7 Å². The summed E-state index contributed by atoms with van der Waals surface area (Å²) in [5.41, 5.74) is 1.31. The third-order valence-electron chi connectivity index (χ3n) is 3.73. The van der Waals surface area contributed by atoms with Crippen molar-refractivity contribution in [3.63, 3.8) is 0 Å². The zero-order chi connectivity index (χ0) is 19.1. The van der Waals surface area contributed by atoms with Crippen molar-refractivity contribution in [2.45, 2.75) is 13.5 Å². The van der Waals surface area contributed by atoms with Crippen LogP contribution in [-0.4, -0.2) is 22.5 Å². The van der Waals surface area contributed by atoms with E-state index in [2.05, 4.69) is 20.6 Å². The predicted molar refractivity (Wildman–Crippen MR) is 100 cm³/mol. The predicted octanol–water partition coefficient (Wildman–Crippen LogP) is 3.69. The van der Waals surface area contributed by atoms with Crippen molar-refractivity contribution in [2.24, 2.45) is 0 Å². The number of carbonyl (C=O) groups is 1. The minimum absolute atomic E-state index is 0.0783. The molecule has 6 nitrogen and oxygen atoms in total. The quantitative estimate of drug-likeness (QED) is 0.667. The van der Waals surface area contributed by atoms with Gasteiger partial charge in [0.2, 0.25) is 0 Å². The minimum Gasteiger partial charge on any atom is -0.492 e. The third kappa shape index (κ3) is 4.78. The Labute approximate surface area is 156 Å². The van der Waals surface area contributed by atoms with Gasteiger partial charge >= 0.3 is 0 Å². The Hall–Kier alpha value is -3.48. The van der Waals surface area contributed by atoms with Gasteiger partial charge in [0.25, 0.3) is 5.91 Å². The SMILES string of the molecule is CCOc1ccccc1Nc1cnc(C(=O)NCc2ccccc2F)cn1. The van der Waals surface area contributed by atoms with E-state index in [1.54, 1.807) is 18.2 Å². The first-order valence-corrected chi connectivity index (χ1v) is 8.50. The van der Waals surface area contributed by atoms with Crippen LogP contribution in [-0.2, 0) is 6.54 Å². The fourth-order valence-electron chi connectivity index (χ4n) is 2.41. The molecule has 0 aliphatic heterocycles. The molecule has 7 heteroatoms. The van der Waals surface area contributed by atoms with Crippen molar-refractivity contribution in [1.29, 1.82) is 0 Å². The van der Waals surface area contributed by atoms with Crippen LogP contribution in [0.25, 0.3) is 0 Å². The molecule has 1 aromatic heterocycles. The van der Waals surface area contributed by atoms with Gasteiger partial charge in [-0.05, 0) is 25.1 Å². The van der Waals surface area contributed by atoms with E-state index in [1.165, 1.54) is 18.5 Å². The molecule has 0 unspecified atom stereocenters. The summed E-state index contributed by atoms with van der Waals surface area (Å²) in [6, 6.07) is 13.7. The molecular formula is C20H19FN4O2. The van der Waals surface area contributed by atoms with Crippen LogP contribution in [0.1, 0.15) is 23.0 Å². The first-order chi connectivity index (χ1) is 13.2. The second-order valence-electron chi connectivity index (χ2n) is 5.62. The van der Waals surface area contributed by atoms with E-state index < -0.39 is 5.91 Å². The van der Waals surface area contributed by atoms with Gasteiger partial charge in [0.15, 0.2) is 0 Å². The molecule has 0 aliphatic carbocycles. The summed E-state index contributed by atoms with van der Waals surface area (Å²) >= 11 is 0. The molecule has 27 heavy (non-hydrogen) atoms. The second-order valence-corrected chi connectivity index (χ2v) is 5.62. The Balaban J connectivity index is 1.63. The van der Waals surface area contributed by atoms with E-state index >= 15 is 0 Å². The highest BCUT2D eigenvalue weighted by Crippen LogP contribution is 2.26. The molecule has 138 valence electrons. The highest BCUT2D eigenvalue weighted by Gasteiger charge is 2.10. The number of nitrogens with one attached hydrogen (secondary N) is 2. The van der Waals surface area contributed by atoms with Gasteiger partial charge in [-0.25, -0.2) is 14.4 Å². The van der Waals surface area contributed by atoms with Crippen LogP contribution in [0, 0.1) is 5.82 Å². The molecule has 0 fully saturated rings. The number of hydrogen-bond donors (Lipinski definition) is 2. The average Bonchev–Trinajstić information content (AvgIpc) is 2.69. The molecule has 0 saturated heterocycles. The molecule has 0 saturated carbocycles. The molecular weight excluding hydrogens is 347 g/mol. The van der Waals surface area contributed by atoms with E-state index in [1.807, 2.05) is 31.2 Å². The van der Waals surface area contributed by atoms with Crippen LogP contribution in [0.2, 0.25) is 0 Å². The number of rotatable bonds is 7. The number of carbonyl (C=O) groups excluding carboxylic acids is 1. The van der Waals surface area contributed by atoms with Crippen LogP contribution in [0.3, 0.4) is 0 Å². The number of hydrogen-bond acceptors (Lipinski definition) is 5. The summed E-state index contributed by atoms with van der Waals surface area (Å²) < 4.78 is 19.1. The van der Waals surface area contributed by atoms with Gasteiger partial charge in [-0.2, -0.15) is 0 Å². The molecule has 2 N–H and O–H groups in total. The summed E-state index contributed by atoms with van der Waals surface area (Å²) in [5.74, 6) is 0.393. The highest BCUT2D eigenvalue weighted by molar-refractivity contribution is 5.92. The Morgan fingerprint density at radius 2 is 1.85 bits per heavy atom. The zero-order valence-corrected chi connectivity index (χ0v) is 14.8. The lowest BCUT2D eigenvalue weighted by Crippen LogP contribution is -2.24. The summed E-state index contributed by atoms with van der Waals surface area (Å²) in [7, 11) is 0. The van der Waals surface area contributed by atoms with E-state index in [-0.39, 0.29) is 18.1 Å². The molecule has 0 aliphatic rings. The Morgan fingerprint density at radius 1 is 1.07 bits per heavy atom. The van der Waals surface area contributed by atoms with Gasteiger partial charge in [0, 0.05) is 12.1 Å². The standard InChI is InChI=1S/C20H19FN4O2/c1-2-27-18-10-6-5-9-16(18)25-19-13-22-17(12-23-19)20(26)24-11-14-7-3-4-8-15(14)21/h3-10,12-13H,2,11H2,1H3,(H,23,25)(H,24,26). The maximum Gasteiger partial charge on any atom is 0.271 e. The van der Waals surface area contributed by atoms with Crippen molar-refractivity contribution < 1.29 is 13.9 Å². The minimum atomic E-state index is -0.424. The van der Waals surface area contributed by atoms with Crippen molar-refractivity contribution in [3.8, 4) is 5.75 Å². The molecule has 2 aromatic carbocycles. The van der Waals surface area contributed by atoms with Gasteiger partial charge in [-0.15, -0.1) is 0 Å². The molecule has 0 radical (unpaired) electrons. The smallest absolute Gasteiger partial charge is 0.271 e. The third-order valence-corrected chi connectivity index (χ3v) is 3.73. The van der Waals surface area contributed by atoms with Gasteiger partial charge in [-0.1, -0.05) is 30.3 Å². The monoisotopic (exact) mass is 366 g/mol.